The van der Waals surface area contributed by atoms with Crippen LogP contribution in [0.4, 0.5) is 0 Å². The van der Waals surface area contributed by atoms with Crippen molar-refractivity contribution in [3.63, 3.8) is 0 Å². The molecule has 0 amide bonds. The van der Waals surface area contributed by atoms with E-state index < -0.39 is 67.7 Å². The largest absolute Gasteiger partial charge is 0.481 e. The second kappa shape index (κ2) is 24.4. The number of benzene rings is 2. The van der Waals surface area contributed by atoms with Gasteiger partial charge in [-0.05, 0) is 43.2 Å². The van der Waals surface area contributed by atoms with E-state index in [0.29, 0.717) is 24.0 Å². The van der Waals surface area contributed by atoms with E-state index in [1.165, 1.54) is 18.2 Å². The molecule has 17 nitrogen and oxygen atoms in total. The predicted octanol–water partition coefficient (Wildman–Crippen LogP) is 0.735. The van der Waals surface area contributed by atoms with Crippen LogP contribution in [0, 0.1) is 10.8 Å². The number of rotatable bonds is 13. The summed E-state index contributed by atoms with van der Waals surface area (Å²) in [6, 6.07) is 11.7. The highest BCUT2D eigenvalue weighted by Gasteiger charge is 2.28. The number of hydrogen-bond donors (Lipinski definition) is 10. The van der Waals surface area contributed by atoms with Gasteiger partial charge in [-0.1, -0.05) is 32.0 Å². The maximum Gasteiger partial charge on any atom is 0.346 e. The number of carbonyl (C=O) groups excluding carboxylic acids is 2. The van der Waals surface area contributed by atoms with Gasteiger partial charge in [-0.2, -0.15) is 0 Å². The number of cyclic esters (lactones) is 2. The fraction of sp³-hybridized carbons (Fsp3) is 0.438. The summed E-state index contributed by atoms with van der Waals surface area (Å²) in [7, 11) is 0. The first-order chi connectivity index (χ1) is 22.9. The smallest absolute Gasteiger partial charge is 0.346 e. The minimum atomic E-state index is -1.13. The average Bonchev–Trinajstić information content (AvgIpc) is 3.38. The summed E-state index contributed by atoms with van der Waals surface area (Å²) in [6.07, 6.45) is 1.02. The van der Waals surface area contributed by atoms with E-state index in [-0.39, 0.29) is 42.6 Å². The molecule has 0 unspecified atom stereocenters. The van der Waals surface area contributed by atoms with E-state index in [1.807, 2.05) is 0 Å². The summed E-state index contributed by atoms with van der Waals surface area (Å²) >= 11 is 0. The molecule has 0 saturated heterocycles. The van der Waals surface area contributed by atoms with Crippen molar-refractivity contribution >= 4 is 35.8 Å². The van der Waals surface area contributed by atoms with Gasteiger partial charge in [-0.3, -0.25) is 9.59 Å². The molecular formula is C32H44O17. The summed E-state index contributed by atoms with van der Waals surface area (Å²) in [5, 5.41) is 84.1. The van der Waals surface area contributed by atoms with Crippen LogP contribution in [-0.4, -0.2) is 127 Å². The standard InChI is InChI=1S/C8H6O4.C8H4O3.C6H10O4.C5H12O4.C5H12O2/c9-7(10)5-2-1-3-6(4-5)8(11)12;9-7-5-3-1-2-4-6(5)8(10)11-7;7-5(8)3-1-2-4-6(9)10;6-1-5(2-7,3-8)4-9;1-5(2,3-6)4-7/h1-4H,(H,9,10)(H,11,12);1-4H;1-4H2,(H,7,8)(H,9,10);6-9H,1-4H2;6-7H,3-4H2,1-2H3. The van der Waals surface area contributed by atoms with Gasteiger partial charge < -0.3 is 55.8 Å². The van der Waals surface area contributed by atoms with Gasteiger partial charge in [0, 0.05) is 18.3 Å². The maximum absolute atomic E-state index is 10.8. The third-order valence-corrected chi connectivity index (χ3v) is 6.14. The third-order valence-electron chi connectivity index (χ3n) is 6.14. The molecule has 0 radical (unpaired) electrons. The molecular weight excluding hydrogens is 656 g/mol. The number of unbranched alkanes of at least 4 members (excludes halogenated alkanes) is 1. The zero-order chi connectivity index (χ0) is 38.2. The van der Waals surface area contributed by atoms with Crippen molar-refractivity contribution in [3.8, 4) is 0 Å². The molecule has 2 aromatic carbocycles. The first kappa shape index (κ1) is 46.3. The van der Waals surface area contributed by atoms with Crippen molar-refractivity contribution < 1.29 is 84.6 Å². The van der Waals surface area contributed by atoms with Gasteiger partial charge in [-0.15, -0.1) is 0 Å². The van der Waals surface area contributed by atoms with Gasteiger partial charge in [0.25, 0.3) is 0 Å². The second-order valence-corrected chi connectivity index (χ2v) is 11.0. The number of ether oxygens (including phenoxy) is 1. The Kier molecular flexibility index (Phi) is 23.1. The predicted molar refractivity (Wildman–Crippen MR) is 169 cm³/mol. The van der Waals surface area contributed by atoms with Crippen LogP contribution in [0.5, 0.6) is 0 Å². The van der Waals surface area contributed by atoms with Crippen LogP contribution < -0.4 is 0 Å². The fourth-order valence-corrected chi connectivity index (χ4v) is 2.72. The van der Waals surface area contributed by atoms with E-state index >= 15 is 0 Å². The third kappa shape index (κ3) is 19.6. The van der Waals surface area contributed by atoms with Crippen LogP contribution in [0.1, 0.15) is 81.0 Å². The quantitative estimate of drug-likeness (QED) is 0.0782. The van der Waals surface area contributed by atoms with Crippen molar-refractivity contribution in [2.24, 2.45) is 10.8 Å². The number of esters is 2. The lowest BCUT2D eigenvalue weighted by atomic mass is 9.93. The highest BCUT2D eigenvalue weighted by Crippen LogP contribution is 2.18. The van der Waals surface area contributed by atoms with Crippen molar-refractivity contribution in [2.45, 2.75) is 39.5 Å². The Hall–Kier alpha value is -4.78. The topological polar surface area (TPSA) is 314 Å². The Labute approximate surface area is 281 Å². The second-order valence-electron chi connectivity index (χ2n) is 11.0. The zero-order valence-corrected chi connectivity index (χ0v) is 27.0. The van der Waals surface area contributed by atoms with E-state index in [4.69, 9.17) is 51.1 Å². The first-order valence-electron chi connectivity index (χ1n) is 14.4. The molecule has 0 fully saturated rings. The highest BCUT2D eigenvalue weighted by molar-refractivity contribution is 6.14. The summed E-state index contributed by atoms with van der Waals surface area (Å²) < 4.78 is 4.35. The van der Waals surface area contributed by atoms with Crippen LogP contribution in [0.3, 0.4) is 0 Å². The molecule has 1 aliphatic rings. The van der Waals surface area contributed by atoms with Crippen LogP contribution in [0.15, 0.2) is 48.5 Å². The number of hydrogen-bond acceptors (Lipinski definition) is 13. The zero-order valence-electron chi connectivity index (χ0n) is 27.0. The van der Waals surface area contributed by atoms with Crippen molar-refractivity contribution in [1.82, 2.24) is 0 Å². The van der Waals surface area contributed by atoms with Crippen LogP contribution in [-0.2, 0) is 14.3 Å². The molecule has 10 N–H and O–H groups in total. The number of aliphatic hydroxyl groups excluding tert-OH is 6. The van der Waals surface area contributed by atoms with Gasteiger partial charge >= 0.3 is 35.8 Å². The lowest BCUT2D eigenvalue weighted by molar-refractivity contribution is -0.139. The van der Waals surface area contributed by atoms with Crippen molar-refractivity contribution in [3.05, 3.63) is 70.8 Å². The van der Waals surface area contributed by atoms with Crippen LogP contribution >= 0.6 is 0 Å². The van der Waals surface area contributed by atoms with E-state index in [1.54, 1.807) is 38.1 Å². The fourth-order valence-electron chi connectivity index (χ4n) is 2.72. The normalized spacial score (nSPS) is 11.3. The van der Waals surface area contributed by atoms with Gasteiger partial charge in [0.2, 0.25) is 0 Å². The Morgan fingerprint density at radius 2 is 0.918 bits per heavy atom. The SMILES string of the molecule is CC(C)(CO)CO.O=C(O)CCCCC(=O)O.O=C(O)c1cccc(C(=O)O)c1.O=C1OC(=O)c2ccccc21.OCC(CO)(CO)CO. The molecule has 17 heteroatoms. The number of carboxylic acid groups (broad SMARTS) is 4. The summed E-state index contributed by atoms with van der Waals surface area (Å²) in [5.74, 6) is -5.09. The van der Waals surface area contributed by atoms with Crippen molar-refractivity contribution in [1.29, 1.82) is 0 Å². The molecule has 3 rings (SSSR count). The number of carboxylic acids is 4. The Morgan fingerprint density at radius 1 is 0.571 bits per heavy atom. The van der Waals surface area contributed by atoms with E-state index in [0.717, 1.165) is 6.07 Å². The summed E-state index contributed by atoms with van der Waals surface area (Å²) in [6.45, 7) is 2.06. The number of carbonyl (C=O) groups is 6. The molecule has 1 heterocycles. The minimum Gasteiger partial charge on any atom is -0.481 e. The van der Waals surface area contributed by atoms with E-state index in [2.05, 4.69) is 4.74 Å². The van der Waals surface area contributed by atoms with Gasteiger partial charge in [0.15, 0.2) is 0 Å². The molecule has 274 valence electrons. The Bertz CT molecular complexity index is 1250. The minimum absolute atomic E-state index is 0.0186. The Morgan fingerprint density at radius 3 is 1.14 bits per heavy atom. The first-order valence-corrected chi connectivity index (χ1v) is 14.4. The molecule has 0 spiro atoms. The molecule has 49 heavy (non-hydrogen) atoms. The van der Waals surface area contributed by atoms with E-state index in [9.17, 15) is 28.8 Å². The molecule has 2 aromatic rings. The van der Waals surface area contributed by atoms with Crippen molar-refractivity contribution in [2.75, 3.05) is 39.6 Å². The number of aliphatic hydroxyl groups is 6. The molecule has 0 bridgehead atoms. The van der Waals surface area contributed by atoms with Crippen LogP contribution in [0.2, 0.25) is 0 Å². The average molecular weight is 701 g/mol. The Balaban J connectivity index is 0. The number of fused-ring (bicyclic) bond motifs is 1. The lowest BCUT2D eigenvalue weighted by Crippen LogP contribution is -2.37. The van der Waals surface area contributed by atoms with Gasteiger partial charge in [0.1, 0.15) is 0 Å². The molecule has 0 aliphatic carbocycles. The molecule has 0 aromatic heterocycles. The number of aromatic carboxylic acids is 2. The summed E-state index contributed by atoms with van der Waals surface area (Å²) in [5.41, 5.74) is -0.736. The van der Waals surface area contributed by atoms with Gasteiger partial charge in [-0.25, -0.2) is 19.2 Å². The molecule has 1 aliphatic heterocycles. The van der Waals surface area contributed by atoms with Gasteiger partial charge in [0.05, 0.1) is 67.3 Å². The lowest BCUT2D eigenvalue weighted by Gasteiger charge is -2.23. The molecule has 0 atom stereocenters. The molecule has 0 saturated carbocycles. The monoisotopic (exact) mass is 700 g/mol. The highest BCUT2D eigenvalue weighted by atomic mass is 16.6. The maximum atomic E-state index is 10.8. The summed E-state index contributed by atoms with van der Waals surface area (Å²) in [4.78, 5) is 62.2. The number of aliphatic carboxylic acids is 2. The van der Waals surface area contributed by atoms with Crippen LogP contribution in [0.25, 0.3) is 0 Å².